The van der Waals surface area contributed by atoms with E-state index in [9.17, 15) is 18.3 Å². The van der Waals surface area contributed by atoms with Crippen LogP contribution < -0.4 is 14.8 Å². The molecule has 0 aliphatic heterocycles. The zero-order valence-electron chi connectivity index (χ0n) is 24.3. The number of anilines is 1. The normalized spacial score (nSPS) is 14.5. The van der Waals surface area contributed by atoms with Gasteiger partial charge in [-0.05, 0) is 67.1 Å². The van der Waals surface area contributed by atoms with Crippen molar-refractivity contribution >= 4 is 21.7 Å². The van der Waals surface area contributed by atoms with Gasteiger partial charge in [0.05, 0.1) is 25.2 Å². The Kier molecular flexibility index (Phi) is 11.2. The van der Waals surface area contributed by atoms with Crippen LogP contribution in [0.3, 0.4) is 0 Å². The molecule has 0 spiro atoms. The smallest absolute Gasteiger partial charge is 0.321 e. The number of nitrogens with one attached hydrogen (secondary N) is 1. The van der Waals surface area contributed by atoms with Gasteiger partial charge < -0.3 is 24.8 Å². The summed E-state index contributed by atoms with van der Waals surface area (Å²) in [7, 11) is -0.807. The quantitative estimate of drug-likeness (QED) is 0.271. The minimum absolute atomic E-state index is 0.0397. The molecule has 0 bridgehead atoms. The Bertz CT molecular complexity index is 1380. The summed E-state index contributed by atoms with van der Waals surface area (Å²) in [6, 6.07) is 22.7. The van der Waals surface area contributed by atoms with Crippen molar-refractivity contribution in [1.82, 2.24) is 9.21 Å². The maximum absolute atomic E-state index is 13.8. The maximum Gasteiger partial charge on any atom is 0.321 e. The fourth-order valence-electron chi connectivity index (χ4n) is 5.28. The molecule has 0 heterocycles. The minimum Gasteiger partial charge on any atom is -0.497 e. The number of hydrogen-bond acceptors (Lipinski definition) is 6. The number of benzene rings is 3. The van der Waals surface area contributed by atoms with E-state index in [1.54, 1.807) is 43.5 Å². The van der Waals surface area contributed by atoms with E-state index in [-0.39, 0.29) is 23.9 Å². The van der Waals surface area contributed by atoms with E-state index < -0.39 is 22.2 Å². The summed E-state index contributed by atoms with van der Waals surface area (Å²) in [5.41, 5.74) is 1.61. The van der Waals surface area contributed by atoms with Crippen molar-refractivity contribution in [3.8, 4) is 11.5 Å². The Balaban J connectivity index is 1.52. The summed E-state index contributed by atoms with van der Waals surface area (Å²) >= 11 is 0. The van der Waals surface area contributed by atoms with Crippen molar-refractivity contribution in [2.24, 2.45) is 5.92 Å². The second kappa shape index (κ2) is 15.0. The summed E-state index contributed by atoms with van der Waals surface area (Å²) < 4.78 is 39.4. The van der Waals surface area contributed by atoms with E-state index in [1.807, 2.05) is 30.3 Å². The number of hydrogen-bond donors (Lipinski definition) is 2. The highest BCUT2D eigenvalue weighted by molar-refractivity contribution is 7.89. The van der Waals surface area contributed by atoms with E-state index in [2.05, 4.69) is 5.32 Å². The van der Waals surface area contributed by atoms with Crippen LogP contribution >= 0.6 is 0 Å². The van der Waals surface area contributed by atoms with Crippen molar-refractivity contribution in [3.63, 3.8) is 0 Å². The second-order valence-corrected chi connectivity index (χ2v) is 12.6. The first-order chi connectivity index (χ1) is 20.3. The molecule has 0 unspecified atom stereocenters. The number of carbonyl (C=O) groups excluding carboxylic acids is 1. The van der Waals surface area contributed by atoms with Crippen LogP contribution in [0.15, 0.2) is 83.8 Å². The van der Waals surface area contributed by atoms with Crippen LogP contribution in [0, 0.1) is 5.92 Å². The van der Waals surface area contributed by atoms with Gasteiger partial charge in [-0.15, -0.1) is 0 Å². The molecule has 4 rings (SSSR count). The third kappa shape index (κ3) is 8.70. The number of aliphatic hydroxyl groups is 1. The van der Waals surface area contributed by atoms with Crippen molar-refractivity contribution in [2.45, 2.75) is 43.1 Å². The zero-order chi connectivity index (χ0) is 30.0. The lowest BCUT2D eigenvalue weighted by Crippen LogP contribution is -2.47. The zero-order valence-corrected chi connectivity index (χ0v) is 25.1. The molecule has 2 amide bonds. The number of methoxy groups -OCH3 is 2. The van der Waals surface area contributed by atoms with Crippen molar-refractivity contribution in [2.75, 3.05) is 45.7 Å². The van der Waals surface area contributed by atoms with Gasteiger partial charge >= 0.3 is 6.03 Å². The Morgan fingerprint density at radius 1 is 0.929 bits per heavy atom. The molecule has 0 aromatic heterocycles. The SMILES string of the molecule is COc1ccc(S(=O)(=O)N(CC2CCCC2)C[C@@H](O)CN(CCc2ccccc2)C(=O)Nc2cccc(OC)c2)cc1. The fourth-order valence-corrected chi connectivity index (χ4v) is 6.84. The lowest BCUT2D eigenvalue weighted by Gasteiger charge is -2.30. The number of nitrogens with zero attached hydrogens (tertiary/aromatic N) is 2. The van der Waals surface area contributed by atoms with Crippen LogP contribution in [0.4, 0.5) is 10.5 Å². The molecule has 0 saturated heterocycles. The van der Waals surface area contributed by atoms with Gasteiger partial charge in [-0.25, -0.2) is 13.2 Å². The van der Waals surface area contributed by atoms with Gasteiger partial charge in [0.1, 0.15) is 11.5 Å². The predicted molar refractivity (Wildman–Crippen MR) is 163 cm³/mol. The van der Waals surface area contributed by atoms with Gasteiger partial charge in [-0.1, -0.05) is 49.2 Å². The van der Waals surface area contributed by atoms with Crippen LogP contribution in [0.2, 0.25) is 0 Å². The average molecular weight is 596 g/mol. The molecule has 9 nitrogen and oxygen atoms in total. The van der Waals surface area contributed by atoms with Gasteiger partial charge in [0.25, 0.3) is 0 Å². The third-order valence-electron chi connectivity index (χ3n) is 7.60. The number of ether oxygens (including phenoxy) is 2. The molecule has 1 fully saturated rings. The third-order valence-corrected chi connectivity index (χ3v) is 9.45. The first-order valence-corrected chi connectivity index (χ1v) is 15.8. The van der Waals surface area contributed by atoms with E-state index >= 15 is 0 Å². The predicted octanol–water partition coefficient (Wildman–Crippen LogP) is 5.02. The number of urea groups is 1. The number of carbonyl (C=O) groups is 1. The lowest BCUT2D eigenvalue weighted by atomic mass is 10.1. The molecule has 2 N–H and O–H groups in total. The average Bonchev–Trinajstić information content (AvgIpc) is 3.52. The largest absolute Gasteiger partial charge is 0.497 e. The Morgan fingerprint density at radius 2 is 1.62 bits per heavy atom. The second-order valence-electron chi connectivity index (χ2n) is 10.6. The van der Waals surface area contributed by atoms with Crippen LogP contribution in [0.25, 0.3) is 0 Å². The van der Waals surface area contributed by atoms with E-state index in [0.29, 0.717) is 36.7 Å². The van der Waals surface area contributed by atoms with Gasteiger partial charge in [0, 0.05) is 37.9 Å². The van der Waals surface area contributed by atoms with Crippen LogP contribution in [-0.4, -0.2) is 75.3 Å². The molecule has 42 heavy (non-hydrogen) atoms. The molecular weight excluding hydrogens is 554 g/mol. The van der Waals surface area contributed by atoms with E-state index in [4.69, 9.17) is 9.47 Å². The Morgan fingerprint density at radius 3 is 2.29 bits per heavy atom. The van der Waals surface area contributed by atoms with Gasteiger partial charge in [0.2, 0.25) is 10.0 Å². The molecule has 3 aromatic rings. The lowest BCUT2D eigenvalue weighted by molar-refractivity contribution is 0.104. The van der Waals surface area contributed by atoms with Crippen LogP contribution in [0.1, 0.15) is 31.2 Å². The first-order valence-electron chi connectivity index (χ1n) is 14.3. The number of rotatable bonds is 14. The van der Waals surface area contributed by atoms with Gasteiger partial charge in [-0.3, -0.25) is 0 Å². The fraction of sp³-hybridized carbons (Fsp3) is 0.406. The van der Waals surface area contributed by atoms with Crippen LogP contribution in [-0.2, 0) is 16.4 Å². The Labute approximate surface area is 249 Å². The molecule has 0 radical (unpaired) electrons. The van der Waals surface area contributed by atoms with Crippen molar-refractivity contribution in [3.05, 3.63) is 84.4 Å². The van der Waals surface area contributed by atoms with Gasteiger partial charge in [-0.2, -0.15) is 4.31 Å². The number of sulfonamides is 1. The first kappa shape index (κ1) is 31.3. The summed E-state index contributed by atoms with van der Waals surface area (Å²) in [5.74, 6) is 1.40. The molecule has 3 aromatic carbocycles. The molecular formula is C32H41N3O6S. The van der Waals surface area contributed by atoms with E-state index in [0.717, 1.165) is 31.2 Å². The maximum atomic E-state index is 13.8. The minimum atomic E-state index is -3.89. The monoisotopic (exact) mass is 595 g/mol. The highest BCUT2D eigenvalue weighted by Gasteiger charge is 2.31. The highest BCUT2D eigenvalue weighted by atomic mass is 32.2. The van der Waals surface area contributed by atoms with Gasteiger partial charge in [0.15, 0.2) is 0 Å². The van der Waals surface area contributed by atoms with Crippen molar-refractivity contribution < 1.29 is 27.8 Å². The number of aliphatic hydroxyl groups excluding tert-OH is 1. The van der Waals surface area contributed by atoms with E-state index in [1.165, 1.54) is 28.4 Å². The Hall–Kier alpha value is -3.60. The molecule has 1 atom stereocenters. The molecule has 10 heteroatoms. The topological polar surface area (TPSA) is 108 Å². The molecule has 1 aliphatic rings. The van der Waals surface area contributed by atoms with Crippen LogP contribution in [0.5, 0.6) is 11.5 Å². The summed E-state index contributed by atoms with van der Waals surface area (Å²) in [4.78, 5) is 15.1. The molecule has 1 aliphatic carbocycles. The summed E-state index contributed by atoms with van der Waals surface area (Å²) in [6.07, 6.45) is 3.53. The van der Waals surface area contributed by atoms with Crippen molar-refractivity contribution in [1.29, 1.82) is 0 Å². The summed E-state index contributed by atoms with van der Waals surface area (Å²) in [5, 5.41) is 14.2. The standard InChI is InChI=1S/C32H41N3O6S/c1-40-29-15-17-31(18-16-29)42(38,39)35(22-26-11-6-7-12-26)24-28(36)23-34(20-19-25-9-4-3-5-10-25)32(37)33-27-13-8-14-30(21-27)41-2/h3-5,8-10,13-18,21,26,28,36H,6-7,11-12,19-20,22-24H2,1-2H3,(H,33,37)/t28-/m0/s1. The molecule has 226 valence electrons. The number of amides is 2. The molecule has 1 saturated carbocycles. The summed E-state index contributed by atoms with van der Waals surface area (Å²) in [6.45, 7) is 0.497. The highest BCUT2D eigenvalue weighted by Crippen LogP contribution is 2.28.